The van der Waals surface area contributed by atoms with E-state index in [9.17, 15) is 18.8 Å². The first-order valence-corrected chi connectivity index (χ1v) is 14.3. The van der Waals surface area contributed by atoms with Gasteiger partial charge in [0.1, 0.15) is 28.8 Å². The molecule has 4 heterocycles. The van der Waals surface area contributed by atoms with Crippen LogP contribution in [0, 0.1) is 0 Å². The monoisotopic (exact) mass is 599 g/mol. The summed E-state index contributed by atoms with van der Waals surface area (Å²) < 4.78 is 32.7. The van der Waals surface area contributed by atoms with Crippen LogP contribution in [0.1, 0.15) is 56.6 Å². The molecule has 1 saturated carbocycles. The maximum absolute atomic E-state index is 14.9. The number of halogens is 1. The SMILES string of the molecule is CO[C@@H]1CC[C@H]1NC(=O)c1onc2c(N(C)C(=O)OC(C)(C)C)cc(Nc3cccn(C4CCN(C)C[C@H]4F)c3=O)nc12. The maximum atomic E-state index is 14.9. The van der Waals surface area contributed by atoms with E-state index in [1.807, 2.05) is 11.9 Å². The van der Waals surface area contributed by atoms with Crippen LogP contribution in [0.15, 0.2) is 33.7 Å². The zero-order valence-electron chi connectivity index (χ0n) is 25.2. The number of likely N-dealkylation sites (tertiary alicyclic amines) is 1. The maximum Gasteiger partial charge on any atom is 0.414 e. The van der Waals surface area contributed by atoms with Crippen LogP contribution in [-0.4, -0.2) is 89.8 Å². The van der Waals surface area contributed by atoms with Crippen molar-refractivity contribution in [3.8, 4) is 0 Å². The van der Waals surface area contributed by atoms with E-state index in [1.54, 1.807) is 46.2 Å². The molecule has 3 aromatic rings. The van der Waals surface area contributed by atoms with Gasteiger partial charge >= 0.3 is 6.09 Å². The highest BCUT2D eigenvalue weighted by Crippen LogP contribution is 2.32. The number of pyridine rings is 2. The molecular formula is C29H38FN7O6. The Morgan fingerprint density at radius 2 is 1.98 bits per heavy atom. The van der Waals surface area contributed by atoms with E-state index in [-0.39, 0.29) is 52.7 Å². The Kier molecular flexibility index (Phi) is 8.43. The normalized spacial score (nSPS) is 22.6. The number of alkyl halides is 1. The lowest BCUT2D eigenvalue weighted by atomic mass is 9.89. The van der Waals surface area contributed by atoms with Crippen LogP contribution in [0.5, 0.6) is 0 Å². The van der Waals surface area contributed by atoms with E-state index in [2.05, 4.69) is 20.8 Å². The highest BCUT2D eigenvalue weighted by Gasteiger charge is 2.35. The van der Waals surface area contributed by atoms with Crippen molar-refractivity contribution in [2.45, 2.75) is 70.0 Å². The molecule has 1 unspecified atom stereocenters. The molecule has 0 radical (unpaired) electrons. The van der Waals surface area contributed by atoms with E-state index in [0.717, 1.165) is 12.8 Å². The number of carbonyl (C=O) groups excluding carboxylic acids is 2. The molecule has 4 atom stereocenters. The number of carbonyl (C=O) groups is 2. The van der Waals surface area contributed by atoms with Crippen molar-refractivity contribution < 1.29 is 28.0 Å². The molecule has 0 bridgehead atoms. The molecule has 0 aromatic carbocycles. The molecule has 2 fully saturated rings. The van der Waals surface area contributed by atoms with Crippen LogP contribution in [0.4, 0.5) is 26.4 Å². The lowest BCUT2D eigenvalue weighted by Gasteiger charge is -2.35. The Morgan fingerprint density at radius 3 is 2.63 bits per heavy atom. The van der Waals surface area contributed by atoms with Gasteiger partial charge in [-0.3, -0.25) is 14.5 Å². The molecule has 2 aliphatic rings. The Hall–Kier alpha value is -4.04. The number of hydrogen-bond donors (Lipinski definition) is 2. The number of ether oxygens (including phenoxy) is 2. The smallest absolute Gasteiger partial charge is 0.414 e. The summed E-state index contributed by atoms with van der Waals surface area (Å²) in [5.41, 5.74) is -0.590. The van der Waals surface area contributed by atoms with E-state index in [1.165, 1.54) is 22.6 Å². The van der Waals surface area contributed by atoms with Crippen molar-refractivity contribution >= 4 is 40.2 Å². The van der Waals surface area contributed by atoms with Gasteiger partial charge in [-0.1, -0.05) is 5.16 Å². The molecule has 13 nitrogen and oxygen atoms in total. The first-order valence-electron chi connectivity index (χ1n) is 14.3. The summed E-state index contributed by atoms with van der Waals surface area (Å²) in [6.45, 7) is 6.13. The second-order valence-electron chi connectivity index (χ2n) is 12.1. The number of anilines is 3. The van der Waals surface area contributed by atoms with Crippen LogP contribution >= 0.6 is 0 Å². The largest absolute Gasteiger partial charge is 0.443 e. The highest BCUT2D eigenvalue weighted by atomic mass is 19.1. The Labute approximate surface area is 248 Å². The van der Waals surface area contributed by atoms with E-state index in [0.29, 0.717) is 13.0 Å². The van der Waals surface area contributed by atoms with Crippen molar-refractivity contribution in [2.75, 3.05) is 44.5 Å². The molecule has 2 N–H and O–H groups in total. The quantitative estimate of drug-likeness (QED) is 0.413. The van der Waals surface area contributed by atoms with Crippen LogP contribution in [-0.2, 0) is 9.47 Å². The summed E-state index contributed by atoms with van der Waals surface area (Å²) in [7, 11) is 4.93. The van der Waals surface area contributed by atoms with E-state index >= 15 is 0 Å². The molecule has 0 spiro atoms. The van der Waals surface area contributed by atoms with Gasteiger partial charge in [0, 0.05) is 39.5 Å². The number of aromatic nitrogens is 3. The van der Waals surface area contributed by atoms with Gasteiger partial charge in [0.05, 0.1) is 23.9 Å². The lowest BCUT2D eigenvalue weighted by molar-refractivity contribution is 0.00677. The number of methoxy groups -OCH3 is 1. The average molecular weight is 600 g/mol. The molecule has 232 valence electrons. The first kappa shape index (κ1) is 30.4. The van der Waals surface area contributed by atoms with Gasteiger partial charge in [0.25, 0.3) is 11.5 Å². The molecular weight excluding hydrogens is 561 g/mol. The van der Waals surface area contributed by atoms with Crippen molar-refractivity contribution in [3.63, 3.8) is 0 Å². The minimum atomic E-state index is -1.21. The van der Waals surface area contributed by atoms with Gasteiger partial charge in [-0.2, -0.15) is 0 Å². The fraction of sp³-hybridized carbons (Fsp3) is 0.552. The summed E-state index contributed by atoms with van der Waals surface area (Å²) in [6.07, 6.45) is 1.65. The first-order chi connectivity index (χ1) is 20.4. The molecule has 3 aromatic heterocycles. The van der Waals surface area contributed by atoms with Crippen molar-refractivity contribution in [1.29, 1.82) is 0 Å². The number of nitrogens with zero attached hydrogens (tertiary/aromatic N) is 5. The molecule has 1 aliphatic carbocycles. The summed E-state index contributed by atoms with van der Waals surface area (Å²) in [5, 5.41) is 9.96. The number of rotatable bonds is 7. The predicted octanol–water partition coefficient (Wildman–Crippen LogP) is 3.62. The summed E-state index contributed by atoms with van der Waals surface area (Å²) in [5.74, 6) is -0.553. The van der Waals surface area contributed by atoms with Crippen LogP contribution < -0.4 is 21.1 Å². The fourth-order valence-electron chi connectivity index (χ4n) is 5.32. The second kappa shape index (κ2) is 11.9. The number of hydrogen-bond acceptors (Lipinski definition) is 10. The molecule has 1 aliphatic heterocycles. The molecule has 5 rings (SSSR count). The molecule has 43 heavy (non-hydrogen) atoms. The minimum absolute atomic E-state index is 0.0802. The summed E-state index contributed by atoms with van der Waals surface area (Å²) in [4.78, 5) is 47.4. The van der Waals surface area contributed by atoms with Crippen molar-refractivity contribution in [2.24, 2.45) is 0 Å². The standard InChI is InChI=1S/C29H38FN7O6/c1-29(2,3)42-28(40)36(5)20-14-22(31-18-8-7-12-37(27(18)39)19-11-13-35(4)15-16(19)30)33-24-23(20)34-43-25(24)26(38)32-17-9-10-21(17)41-6/h7-8,12,14,16-17,19,21H,9-11,13,15H2,1-6H3,(H,31,33)(H,32,38)/t16-,17-,19?,21-/m1/s1. The number of fused-ring (bicyclic) bond motifs is 1. The third-order valence-electron chi connectivity index (χ3n) is 7.79. The van der Waals surface area contributed by atoms with Gasteiger partial charge in [-0.25, -0.2) is 14.2 Å². The molecule has 2 amide bonds. The summed E-state index contributed by atoms with van der Waals surface area (Å²) >= 11 is 0. The van der Waals surface area contributed by atoms with Crippen molar-refractivity contribution in [1.82, 2.24) is 24.9 Å². The van der Waals surface area contributed by atoms with E-state index in [4.69, 9.17) is 14.0 Å². The van der Waals surface area contributed by atoms with E-state index < -0.39 is 35.4 Å². The van der Waals surface area contributed by atoms with Gasteiger partial charge < -0.3 is 34.1 Å². The summed E-state index contributed by atoms with van der Waals surface area (Å²) in [6, 6.07) is 3.93. The van der Waals surface area contributed by atoms with Gasteiger partial charge in [0.15, 0.2) is 5.52 Å². The molecule has 14 heteroatoms. The predicted molar refractivity (Wildman–Crippen MR) is 158 cm³/mol. The topological polar surface area (TPSA) is 144 Å². The Morgan fingerprint density at radius 1 is 1.21 bits per heavy atom. The van der Waals surface area contributed by atoms with Gasteiger partial charge in [-0.15, -0.1) is 0 Å². The Balaban J connectivity index is 1.52. The van der Waals surface area contributed by atoms with Crippen molar-refractivity contribution in [3.05, 3.63) is 40.5 Å². The second-order valence-corrected chi connectivity index (χ2v) is 12.1. The number of piperidine rings is 1. The zero-order valence-corrected chi connectivity index (χ0v) is 25.2. The Bertz CT molecular complexity index is 1560. The fourth-order valence-corrected chi connectivity index (χ4v) is 5.32. The van der Waals surface area contributed by atoms with Crippen LogP contribution in [0.2, 0.25) is 0 Å². The van der Waals surface area contributed by atoms with Gasteiger partial charge in [0.2, 0.25) is 5.76 Å². The zero-order chi connectivity index (χ0) is 31.1. The van der Waals surface area contributed by atoms with Crippen LogP contribution in [0.3, 0.4) is 0 Å². The lowest BCUT2D eigenvalue weighted by Crippen LogP contribution is -2.51. The number of nitrogens with one attached hydrogen (secondary N) is 2. The third kappa shape index (κ3) is 6.34. The minimum Gasteiger partial charge on any atom is -0.443 e. The van der Waals surface area contributed by atoms with Gasteiger partial charge in [-0.05, 0) is 59.2 Å². The highest BCUT2D eigenvalue weighted by molar-refractivity contribution is 6.07. The number of amides is 2. The molecule has 1 saturated heterocycles. The average Bonchev–Trinajstić information content (AvgIpc) is 3.35. The van der Waals surface area contributed by atoms with Crippen LogP contribution in [0.25, 0.3) is 11.0 Å². The third-order valence-corrected chi connectivity index (χ3v) is 7.79.